The Morgan fingerprint density at radius 1 is 1.06 bits per heavy atom. The maximum atomic E-state index is 11.0. The van der Waals surface area contributed by atoms with Gasteiger partial charge in [0.1, 0.15) is 5.82 Å². The van der Waals surface area contributed by atoms with Crippen LogP contribution in [0.2, 0.25) is 0 Å². The van der Waals surface area contributed by atoms with Gasteiger partial charge in [-0.05, 0) is 82.3 Å². The van der Waals surface area contributed by atoms with Gasteiger partial charge in [0.2, 0.25) is 0 Å². The summed E-state index contributed by atoms with van der Waals surface area (Å²) in [6.07, 6.45) is 7.75. The number of quaternary nitrogens is 1. The molecule has 4 aliphatic carbocycles. The Balaban J connectivity index is 0.000000418. The van der Waals surface area contributed by atoms with Gasteiger partial charge in [0.05, 0.1) is 19.1 Å². The van der Waals surface area contributed by atoms with E-state index < -0.39 is 5.97 Å². The zero-order valence-electron chi connectivity index (χ0n) is 18.6. The van der Waals surface area contributed by atoms with Crippen molar-refractivity contribution in [1.29, 1.82) is 0 Å². The highest BCUT2D eigenvalue weighted by Gasteiger charge is 2.54. The number of thioether (sulfide) groups is 1. The summed E-state index contributed by atoms with van der Waals surface area (Å²) < 4.78 is 2.11. The first-order valence-electron chi connectivity index (χ1n) is 11.7. The molecular weight excluding hydrogens is 408 g/mol. The van der Waals surface area contributed by atoms with Crippen LogP contribution in [-0.2, 0) is 10.2 Å². The van der Waals surface area contributed by atoms with E-state index in [-0.39, 0.29) is 11.2 Å². The third-order valence-electron chi connectivity index (χ3n) is 7.06. The fourth-order valence-electron chi connectivity index (χ4n) is 6.31. The zero-order chi connectivity index (χ0) is 21.8. The molecule has 0 saturated heterocycles. The van der Waals surface area contributed by atoms with E-state index in [1.165, 1.54) is 63.4 Å². The number of carboxylic acids is 1. The average molecular weight is 443 g/mol. The predicted octanol–water partition coefficient (Wildman–Crippen LogP) is 2.17. The van der Waals surface area contributed by atoms with Gasteiger partial charge in [0, 0.05) is 16.9 Å². The molecule has 168 valence electrons. The third kappa shape index (κ3) is 4.82. The molecule has 6 nitrogen and oxygen atoms in total. The lowest BCUT2D eigenvalue weighted by Crippen LogP contribution is -2.82. The van der Waals surface area contributed by atoms with Crippen LogP contribution in [0, 0.1) is 17.8 Å². The second kappa shape index (κ2) is 9.74. The summed E-state index contributed by atoms with van der Waals surface area (Å²) in [6.45, 7) is 6.75. The number of carboxylic acid groups (broad SMARTS) is 1. The molecule has 4 bridgehead atoms. The fraction of sp³-hybridized carbons (Fsp3) is 0.625. The molecule has 2 N–H and O–H groups in total. The SMILES string of the molecule is CC[NH2+]CC.O=C([O-])CSc1nnc(C23CC4CC(CC(C4)C2)C3)n1-c1ccccc1. The lowest BCUT2D eigenvalue weighted by molar-refractivity contribution is -0.648. The van der Waals surface area contributed by atoms with Gasteiger partial charge in [0.15, 0.2) is 5.16 Å². The minimum Gasteiger partial charge on any atom is -0.549 e. The Morgan fingerprint density at radius 2 is 1.65 bits per heavy atom. The van der Waals surface area contributed by atoms with E-state index in [1.54, 1.807) is 0 Å². The molecule has 1 heterocycles. The molecule has 0 spiro atoms. The van der Waals surface area contributed by atoms with Crippen LogP contribution < -0.4 is 10.4 Å². The van der Waals surface area contributed by atoms with Crippen molar-refractivity contribution in [3.63, 3.8) is 0 Å². The largest absolute Gasteiger partial charge is 0.549 e. The second-order valence-corrected chi connectivity index (χ2v) is 10.4. The molecule has 0 atom stereocenters. The van der Waals surface area contributed by atoms with Crippen LogP contribution in [0.15, 0.2) is 35.5 Å². The van der Waals surface area contributed by atoms with Gasteiger partial charge in [-0.3, -0.25) is 4.57 Å². The maximum absolute atomic E-state index is 11.0. The molecule has 1 aromatic heterocycles. The van der Waals surface area contributed by atoms with Gasteiger partial charge in [-0.2, -0.15) is 0 Å². The summed E-state index contributed by atoms with van der Waals surface area (Å²) in [5, 5.41) is 22.9. The monoisotopic (exact) mass is 442 g/mol. The van der Waals surface area contributed by atoms with Crippen LogP contribution in [0.3, 0.4) is 0 Å². The quantitative estimate of drug-likeness (QED) is 0.664. The van der Waals surface area contributed by atoms with E-state index in [2.05, 4.69) is 46.1 Å². The van der Waals surface area contributed by atoms with Gasteiger partial charge in [-0.15, -0.1) is 10.2 Å². The Hall–Kier alpha value is -1.86. The number of carbonyl (C=O) groups excluding carboxylic acids is 1. The van der Waals surface area contributed by atoms with Crippen LogP contribution in [0.4, 0.5) is 0 Å². The van der Waals surface area contributed by atoms with Crippen LogP contribution in [-0.4, -0.2) is 39.6 Å². The van der Waals surface area contributed by atoms with E-state index >= 15 is 0 Å². The predicted molar refractivity (Wildman–Crippen MR) is 120 cm³/mol. The molecular formula is C24H34N4O2S. The van der Waals surface area contributed by atoms with Crippen molar-refractivity contribution >= 4 is 17.7 Å². The van der Waals surface area contributed by atoms with Crippen molar-refractivity contribution in [2.45, 2.75) is 62.9 Å². The number of aliphatic carboxylic acids is 1. The van der Waals surface area contributed by atoms with Crippen molar-refractivity contribution in [3.8, 4) is 5.69 Å². The van der Waals surface area contributed by atoms with E-state index in [1.807, 2.05) is 18.2 Å². The lowest BCUT2D eigenvalue weighted by Gasteiger charge is -2.56. The Kier molecular flexibility index (Phi) is 7.02. The first-order valence-corrected chi connectivity index (χ1v) is 12.7. The molecule has 2 aromatic rings. The molecule has 1 aromatic carbocycles. The normalized spacial score (nSPS) is 28.3. The topological polar surface area (TPSA) is 87.4 Å². The number of hydrogen-bond donors (Lipinski definition) is 1. The van der Waals surface area contributed by atoms with Crippen molar-refractivity contribution in [1.82, 2.24) is 14.8 Å². The molecule has 4 saturated carbocycles. The lowest BCUT2D eigenvalue weighted by atomic mass is 9.49. The first kappa shape index (κ1) is 22.3. The maximum Gasteiger partial charge on any atom is 0.196 e. The van der Waals surface area contributed by atoms with E-state index in [0.717, 1.165) is 29.3 Å². The molecule has 4 fully saturated rings. The number of nitrogens with zero attached hydrogens (tertiary/aromatic N) is 3. The fourth-order valence-corrected chi connectivity index (χ4v) is 6.98. The van der Waals surface area contributed by atoms with Crippen LogP contribution >= 0.6 is 11.8 Å². The summed E-state index contributed by atoms with van der Waals surface area (Å²) >= 11 is 1.20. The van der Waals surface area contributed by atoms with E-state index in [4.69, 9.17) is 0 Å². The smallest absolute Gasteiger partial charge is 0.196 e. The number of aromatic nitrogens is 3. The number of hydrogen-bond acceptors (Lipinski definition) is 5. The van der Waals surface area contributed by atoms with Gasteiger partial charge in [-0.25, -0.2) is 0 Å². The van der Waals surface area contributed by atoms with Gasteiger partial charge < -0.3 is 15.2 Å². The summed E-state index contributed by atoms with van der Waals surface area (Å²) in [4.78, 5) is 11.0. The summed E-state index contributed by atoms with van der Waals surface area (Å²) in [6, 6.07) is 10.1. The van der Waals surface area contributed by atoms with E-state index in [0.29, 0.717) is 5.16 Å². The van der Waals surface area contributed by atoms with Crippen molar-refractivity contribution in [2.24, 2.45) is 17.8 Å². The van der Waals surface area contributed by atoms with Crippen molar-refractivity contribution in [2.75, 3.05) is 18.8 Å². The van der Waals surface area contributed by atoms with Gasteiger partial charge >= 0.3 is 0 Å². The first-order chi connectivity index (χ1) is 15.0. The number of rotatable bonds is 7. The number of carbonyl (C=O) groups is 1. The molecule has 0 radical (unpaired) electrons. The summed E-state index contributed by atoms with van der Waals surface area (Å²) in [7, 11) is 0. The zero-order valence-corrected chi connectivity index (χ0v) is 19.4. The molecule has 0 unspecified atom stereocenters. The molecule has 31 heavy (non-hydrogen) atoms. The van der Waals surface area contributed by atoms with Crippen LogP contribution in [0.25, 0.3) is 5.69 Å². The number of para-hydroxylation sites is 1. The molecule has 4 aliphatic rings. The van der Waals surface area contributed by atoms with Crippen LogP contribution in [0.5, 0.6) is 0 Å². The van der Waals surface area contributed by atoms with Crippen molar-refractivity contribution < 1.29 is 15.2 Å². The standard InChI is InChI=1S/C20H23N3O2S.C4H11N/c24-17(25)12-26-19-22-21-18(23(19)16-4-2-1-3-5-16)20-9-13-6-14(10-20)8-15(7-13)11-20;1-3-5-4-2/h1-5,13-15H,6-12H2,(H,24,25);5H,3-4H2,1-2H3. The minimum absolute atomic E-state index is 0.105. The highest BCUT2D eigenvalue weighted by Crippen LogP contribution is 2.60. The average Bonchev–Trinajstić information content (AvgIpc) is 3.18. The highest BCUT2D eigenvalue weighted by molar-refractivity contribution is 7.99. The van der Waals surface area contributed by atoms with Gasteiger partial charge in [0.25, 0.3) is 0 Å². The number of nitrogens with two attached hydrogens (primary N) is 1. The Bertz CT molecular complexity index is 846. The minimum atomic E-state index is -1.08. The van der Waals surface area contributed by atoms with Gasteiger partial charge in [-0.1, -0.05) is 30.0 Å². The highest BCUT2D eigenvalue weighted by atomic mass is 32.2. The number of benzene rings is 1. The molecule has 6 rings (SSSR count). The summed E-state index contributed by atoms with van der Waals surface area (Å²) in [5.41, 5.74) is 1.13. The Morgan fingerprint density at radius 3 is 2.13 bits per heavy atom. The Labute approximate surface area is 189 Å². The van der Waals surface area contributed by atoms with Crippen molar-refractivity contribution in [3.05, 3.63) is 36.2 Å². The second-order valence-electron chi connectivity index (χ2n) is 9.44. The van der Waals surface area contributed by atoms with Crippen LogP contribution in [0.1, 0.15) is 58.2 Å². The van der Waals surface area contributed by atoms with E-state index in [9.17, 15) is 9.90 Å². The molecule has 7 heteroatoms. The third-order valence-corrected chi connectivity index (χ3v) is 7.96. The molecule has 0 aliphatic heterocycles. The molecule has 0 amide bonds. The summed E-state index contributed by atoms with van der Waals surface area (Å²) in [5.74, 6) is 2.33.